The molecular weight excluding hydrogens is 284 g/mol. The Morgan fingerprint density at radius 2 is 1.96 bits per heavy atom. The van der Waals surface area contributed by atoms with Crippen LogP contribution in [-0.4, -0.2) is 23.4 Å². The van der Waals surface area contributed by atoms with Crippen LogP contribution in [0.5, 0.6) is 0 Å². The summed E-state index contributed by atoms with van der Waals surface area (Å²) >= 11 is 0. The van der Waals surface area contributed by atoms with Crippen LogP contribution < -0.4 is 0 Å². The molecule has 3 aliphatic rings. The topological polar surface area (TPSA) is 44.1 Å². The van der Waals surface area contributed by atoms with Crippen LogP contribution in [0.3, 0.4) is 0 Å². The minimum absolute atomic E-state index is 0.181. The van der Waals surface area contributed by atoms with E-state index in [2.05, 4.69) is 25.8 Å². The van der Waals surface area contributed by atoms with Gasteiger partial charge in [-0.1, -0.05) is 13.8 Å². The van der Waals surface area contributed by atoms with Crippen LogP contribution >= 0.6 is 0 Å². The molecule has 0 bridgehead atoms. The Bertz CT molecular complexity index is 541. The van der Waals surface area contributed by atoms with Crippen LogP contribution in [0.25, 0.3) is 0 Å². The van der Waals surface area contributed by atoms with E-state index in [-0.39, 0.29) is 17.4 Å². The number of rotatable bonds is 3. The van der Waals surface area contributed by atoms with E-state index in [0.717, 1.165) is 31.2 Å². The fraction of sp³-hybridized carbons (Fsp3) is 0.800. The lowest BCUT2D eigenvalue weighted by molar-refractivity contribution is -0.131. The van der Waals surface area contributed by atoms with E-state index in [1.165, 1.54) is 25.7 Å². The first kappa shape index (κ1) is 16.4. The zero-order chi connectivity index (χ0) is 16.6. The molecule has 3 nitrogen and oxygen atoms in total. The molecule has 0 aromatic rings. The Hall–Kier alpha value is -1.48. The summed E-state index contributed by atoms with van der Waals surface area (Å²) in [4.78, 5) is 14.4. The lowest BCUT2D eigenvalue weighted by atomic mass is 9.80. The van der Waals surface area contributed by atoms with E-state index in [4.69, 9.17) is 6.42 Å². The van der Waals surface area contributed by atoms with Gasteiger partial charge in [0.15, 0.2) is 0 Å². The third-order valence-corrected chi connectivity index (χ3v) is 6.51. The SMILES string of the molecule is C#CC1C[C@@H]2CC(C)(CCC(=O)N3C[C@@H](C)C[C@H]3C#N)C[C@@H]2C1. The Morgan fingerprint density at radius 3 is 2.52 bits per heavy atom. The number of fused-ring (bicyclic) bond motifs is 1. The zero-order valence-electron chi connectivity index (χ0n) is 14.4. The van der Waals surface area contributed by atoms with E-state index in [0.29, 0.717) is 18.3 Å². The Labute approximate surface area is 140 Å². The van der Waals surface area contributed by atoms with E-state index in [1.54, 1.807) is 0 Å². The standard InChI is InChI=1S/C20H28N2O/c1-4-15-8-16-10-20(3,11-17(16)9-15)6-5-19(23)22-13-14(2)7-18(22)12-21/h1,14-18H,5-11,13H2,2-3H3/t14-,15?,16-,17+,18-,20?/m0/s1. The second-order valence-corrected chi connectivity index (χ2v) is 8.61. The number of nitriles is 1. The molecule has 2 aliphatic carbocycles. The van der Waals surface area contributed by atoms with Crippen LogP contribution in [0.15, 0.2) is 0 Å². The fourth-order valence-electron chi connectivity index (χ4n) is 5.40. The van der Waals surface area contributed by atoms with E-state index in [9.17, 15) is 10.1 Å². The van der Waals surface area contributed by atoms with E-state index in [1.807, 2.05) is 4.90 Å². The van der Waals surface area contributed by atoms with Crippen molar-refractivity contribution in [3.05, 3.63) is 0 Å². The van der Waals surface area contributed by atoms with Gasteiger partial charge in [0.25, 0.3) is 0 Å². The highest BCUT2D eigenvalue weighted by molar-refractivity contribution is 5.77. The second kappa shape index (κ2) is 6.20. The van der Waals surface area contributed by atoms with Crippen molar-refractivity contribution in [2.45, 2.75) is 64.8 Å². The molecule has 2 saturated carbocycles. The van der Waals surface area contributed by atoms with Gasteiger partial charge in [-0.2, -0.15) is 5.26 Å². The van der Waals surface area contributed by atoms with Gasteiger partial charge in [0.2, 0.25) is 5.91 Å². The van der Waals surface area contributed by atoms with Gasteiger partial charge in [-0.05, 0) is 61.7 Å². The number of nitrogens with zero attached hydrogens (tertiary/aromatic N) is 2. The van der Waals surface area contributed by atoms with Crippen LogP contribution in [0.2, 0.25) is 0 Å². The molecule has 0 aromatic carbocycles. The molecule has 6 atom stereocenters. The quantitative estimate of drug-likeness (QED) is 0.747. The summed E-state index contributed by atoms with van der Waals surface area (Å²) in [5.74, 6) is 5.59. The normalized spacial score (nSPS) is 42.3. The number of amides is 1. The Kier molecular flexibility index (Phi) is 4.41. The summed E-state index contributed by atoms with van der Waals surface area (Å²) in [5.41, 5.74) is 0.290. The Balaban J connectivity index is 1.52. The average molecular weight is 312 g/mol. The summed E-state index contributed by atoms with van der Waals surface area (Å²) in [6.45, 7) is 5.22. The van der Waals surface area contributed by atoms with Crippen LogP contribution in [-0.2, 0) is 4.79 Å². The maximum Gasteiger partial charge on any atom is 0.223 e. The highest BCUT2D eigenvalue weighted by atomic mass is 16.2. The minimum atomic E-state index is -0.204. The third-order valence-electron chi connectivity index (χ3n) is 6.51. The van der Waals surface area contributed by atoms with Gasteiger partial charge in [0.05, 0.1) is 6.07 Å². The van der Waals surface area contributed by atoms with E-state index < -0.39 is 0 Å². The smallest absolute Gasteiger partial charge is 0.223 e. The molecule has 0 spiro atoms. The van der Waals surface area contributed by atoms with Crippen molar-refractivity contribution < 1.29 is 4.79 Å². The number of hydrogen-bond donors (Lipinski definition) is 0. The van der Waals surface area contributed by atoms with Crippen molar-refractivity contribution in [1.82, 2.24) is 4.90 Å². The predicted molar refractivity (Wildman–Crippen MR) is 90.0 cm³/mol. The molecular formula is C20H28N2O. The molecule has 23 heavy (non-hydrogen) atoms. The molecule has 1 heterocycles. The van der Waals surface area contributed by atoms with Crippen molar-refractivity contribution in [3.63, 3.8) is 0 Å². The van der Waals surface area contributed by atoms with E-state index >= 15 is 0 Å². The molecule has 124 valence electrons. The van der Waals surface area contributed by atoms with Crippen molar-refractivity contribution in [1.29, 1.82) is 5.26 Å². The van der Waals surface area contributed by atoms with Crippen LogP contribution in [0, 0.1) is 52.8 Å². The van der Waals surface area contributed by atoms with Gasteiger partial charge in [-0.3, -0.25) is 4.79 Å². The van der Waals surface area contributed by atoms with Gasteiger partial charge in [0.1, 0.15) is 6.04 Å². The largest absolute Gasteiger partial charge is 0.326 e. The highest BCUT2D eigenvalue weighted by Gasteiger charge is 2.46. The lowest BCUT2D eigenvalue weighted by Gasteiger charge is -2.27. The number of carbonyl (C=O) groups excluding carboxylic acids is 1. The molecule has 1 saturated heterocycles. The lowest BCUT2D eigenvalue weighted by Crippen LogP contribution is -2.35. The maximum atomic E-state index is 12.6. The van der Waals surface area contributed by atoms with Gasteiger partial charge >= 0.3 is 0 Å². The number of terminal acetylenes is 1. The number of likely N-dealkylation sites (tertiary alicyclic amines) is 1. The van der Waals surface area contributed by atoms with Crippen molar-refractivity contribution >= 4 is 5.91 Å². The summed E-state index contributed by atoms with van der Waals surface area (Å²) in [6.07, 6.45) is 12.8. The summed E-state index contributed by atoms with van der Waals surface area (Å²) in [6, 6.07) is 2.09. The second-order valence-electron chi connectivity index (χ2n) is 8.61. The van der Waals surface area contributed by atoms with Crippen LogP contribution in [0.1, 0.15) is 58.8 Å². The summed E-state index contributed by atoms with van der Waals surface area (Å²) in [7, 11) is 0. The first-order valence-electron chi connectivity index (χ1n) is 9.09. The van der Waals surface area contributed by atoms with Crippen molar-refractivity contribution in [2.75, 3.05) is 6.54 Å². The minimum Gasteiger partial charge on any atom is -0.326 e. The first-order valence-corrected chi connectivity index (χ1v) is 9.09. The molecule has 3 heteroatoms. The third kappa shape index (κ3) is 3.25. The molecule has 3 rings (SSSR count). The molecule has 2 unspecified atom stereocenters. The van der Waals surface area contributed by atoms with Crippen molar-refractivity contribution in [3.8, 4) is 18.4 Å². The maximum absolute atomic E-state index is 12.6. The summed E-state index contributed by atoms with van der Waals surface area (Å²) < 4.78 is 0. The first-order chi connectivity index (χ1) is 10.9. The predicted octanol–water partition coefficient (Wildman–Crippen LogP) is 3.60. The molecule has 0 radical (unpaired) electrons. The summed E-state index contributed by atoms with van der Waals surface area (Å²) in [5, 5.41) is 9.23. The molecule has 0 aromatic heterocycles. The van der Waals surface area contributed by atoms with Gasteiger partial charge in [-0.25, -0.2) is 0 Å². The Morgan fingerprint density at radius 1 is 1.30 bits per heavy atom. The molecule has 1 amide bonds. The van der Waals surface area contributed by atoms with Gasteiger partial charge in [-0.15, -0.1) is 12.3 Å². The van der Waals surface area contributed by atoms with Crippen molar-refractivity contribution in [2.24, 2.45) is 29.1 Å². The number of hydrogen-bond acceptors (Lipinski definition) is 2. The monoisotopic (exact) mass is 312 g/mol. The van der Waals surface area contributed by atoms with Gasteiger partial charge < -0.3 is 4.90 Å². The average Bonchev–Trinajstić information content (AvgIpc) is 3.15. The molecule has 0 N–H and O–H groups in total. The molecule has 3 fully saturated rings. The zero-order valence-corrected chi connectivity index (χ0v) is 14.4. The molecule has 1 aliphatic heterocycles. The highest BCUT2D eigenvalue weighted by Crippen LogP contribution is 2.56. The number of carbonyl (C=O) groups is 1. The van der Waals surface area contributed by atoms with Crippen LogP contribution in [0.4, 0.5) is 0 Å². The van der Waals surface area contributed by atoms with Gasteiger partial charge in [0, 0.05) is 18.9 Å². The fourth-order valence-corrected chi connectivity index (χ4v) is 5.40.